The number of aromatic hydroxyl groups is 2. The van der Waals surface area contributed by atoms with Crippen LogP contribution < -0.4 is 14.3 Å². The van der Waals surface area contributed by atoms with E-state index in [1.807, 2.05) is 34.9 Å². The van der Waals surface area contributed by atoms with Gasteiger partial charge in [-0.05, 0) is 56.7 Å². The second-order valence-electron chi connectivity index (χ2n) is 14.2. The Balaban J connectivity index is 1.46. The highest BCUT2D eigenvalue weighted by Crippen LogP contribution is 2.54. The first kappa shape index (κ1) is 44.1. The van der Waals surface area contributed by atoms with Crippen molar-refractivity contribution in [2.24, 2.45) is 0 Å². The minimum absolute atomic E-state index is 0.0468. The first-order valence-corrected chi connectivity index (χ1v) is 21.7. The normalized spacial score (nSPS) is 16.5. The second-order valence-corrected chi connectivity index (χ2v) is 17.4. The van der Waals surface area contributed by atoms with E-state index in [0.29, 0.717) is 24.1 Å². The van der Waals surface area contributed by atoms with Crippen molar-refractivity contribution in [1.29, 1.82) is 0 Å². The number of anilines is 1. The fourth-order valence-electron chi connectivity index (χ4n) is 7.26. The van der Waals surface area contributed by atoms with Crippen molar-refractivity contribution in [1.82, 2.24) is 4.73 Å². The molecule has 1 atom stereocenters. The summed E-state index contributed by atoms with van der Waals surface area (Å²) in [7, 11) is -8.44. The van der Waals surface area contributed by atoms with Crippen LogP contribution in [0.5, 0.6) is 11.8 Å². The average Bonchev–Trinajstić information content (AvgIpc) is 3.60. The molecule has 0 saturated heterocycles. The summed E-state index contributed by atoms with van der Waals surface area (Å²) in [4.78, 5) is 18.7. The van der Waals surface area contributed by atoms with Crippen LogP contribution in [0.15, 0.2) is 66.5 Å². The van der Waals surface area contributed by atoms with Crippen molar-refractivity contribution >= 4 is 48.9 Å². The number of aromatic nitrogens is 2. The molecule has 4 aromatic rings. The van der Waals surface area contributed by atoms with Crippen LogP contribution in [0, 0.1) is 23.3 Å². The van der Waals surface area contributed by atoms with E-state index in [4.69, 9.17) is 9.39 Å². The number of fused-ring (bicyclic) bond motifs is 2. The van der Waals surface area contributed by atoms with E-state index in [1.54, 1.807) is 24.4 Å². The molecule has 5 rings (SSSR count). The highest BCUT2D eigenvalue weighted by molar-refractivity contribution is 7.86. The van der Waals surface area contributed by atoms with Gasteiger partial charge in [-0.1, -0.05) is 37.1 Å². The van der Waals surface area contributed by atoms with Gasteiger partial charge in [-0.25, -0.2) is 22.4 Å². The Bertz CT molecular complexity index is 2440. The monoisotopic (exact) mass is 854 g/mol. The molecule has 13 nitrogen and oxygen atoms in total. The maximum Gasteiger partial charge on any atom is 0.333 e. The van der Waals surface area contributed by atoms with Crippen LogP contribution in [0.25, 0.3) is 17.0 Å². The average molecular weight is 855 g/mol. The third kappa shape index (κ3) is 10.4. The molecule has 1 aliphatic rings. The smallest absolute Gasteiger partial charge is 0.333 e. The molecule has 0 radical (unpaired) electrons. The lowest BCUT2D eigenvalue weighted by Crippen LogP contribution is -2.34. The summed E-state index contributed by atoms with van der Waals surface area (Å²) in [5.74, 6) is -9.97. The van der Waals surface area contributed by atoms with E-state index in [2.05, 4.69) is 0 Å². The van der Waals surface area contributed by atoms with Gasteiger partial charge < -0.3 is 20.0 Å². The van der Waals surface area contributed by atoms with Gasteiger partial charge >= 0.3 is 5.97 Å². The number of para-hydroxylation sites is 1. The Morgan fingerprint density at radius 1 is 0.810 bits per heavy atom. The van der Waals surface area contributed by atoms with E-state index in [0.717, 1.165) is 28.6 Å². The molecule has 314 valence electrons. The molecule has 0 saturated carbocycles. The van der Waals surface area contributed by atoms with E-state index in [-0.39, 0.29) is 62.9 Å². The number of carbonyl (C=O) groups is 1. The number of pyridine rings is 1. The number of hydrogen-bond acceptors (Lipinski definition) is 9. The lowest BCUT2D eigenvalue weighted by molar-refractivity contribution is -0.671. The van der Waals surface area contributed by atoms with Crippen LogP contribution in [0.2, 0.25) is 0 Å². The molecule has 0 spiro atoms. The van der Waals surface area contributed by atoms with Crippen molar-refractivity contribution < 1.29 is 67.9 Å². The van der Waals surface area contributed by atoms with Crippen LogP contribution in [0.3, 0.4) is 0 Å². The van der Waals surface area contributed by atoms with Crippen LogP contribution in [0.1, 0.15) is 75.8 Å². The van der Waals surface area contributed by atoms with Crippen molar-refractivity contribution in [2.75, 3.05) is 23.0 Å². The van der Waals surface area contributed by atoms with E-state index in [9.17, 15) is 45.2 Å². The quantitative estimate of drug-likeness (QED) is 0.0201. The molecule has 1 unspecified atom stereocenters. The summed E-state index contributed by atoms with van der Waals surface area (Å²) in [5.41, 5.74) is -0.713. The SMILES string of the molecule is CC1(CCCCS(=O)(=O)O)C(=CC=Cc2cc[n+](CCCCS(=O)(=O)O)c3ccccc23)N(CCCCCC(=O)On2c(O)ccc2O)c2c(F)c(F)c(F)c(F)c21. The summed E-state index contributed by atoms with van der Waals surface area (Å²) in [6, 6.07) is 11.4. The third-order valence-electron chi connectivity index (χ3n) is 10.0. The van der Waals surface area contributed by atoms with Crippen molar-refractivity contribution in [3.05, 3.63) is 101 Å². The molecule has 4 N–H and O–H groups in total. The van der Waals surface area contributed by atoms with Gasteiger partial charge in [-0.2, -0.15) is 21.4 Å². The van der Waals surface area contributed by atoms with E-state index < -0.39 is 83.7 Å². The second kappa shape index (κ2) is 18.3. The lowest BCUT2D eigenvalue weighted by atomic mass is 9.76. The summed E-state index contributed by atoms with van der Waals surface area (Å²) in [6.07, 6.45) is 8.01. The van der Waals surface area contributed by atoms with Gasteiger partial charge in [0.2, 0.25) is 17.3 Å². The van der Waals surface area contributed by atoms with Crippen molar-refractivity contribution in [3.63, 3.8) is 0 Å². The largest absolute Gasteiger partial charge is 0.492 e. The van der Waals surface area contributed by atoms with Crippen LogP contribution >= 0.6 is 0 Å². The summed E-state index contributed by atoms with van der Waals surface area (Å²) >= 11 is 0. The zero-order chi connectivity index (χ0) is 42.4. The third-order valence-corrected chi connectivity index (χ3v) is 11.7. The molecular formula is C39H44F4N3O10S2+. The number of hydrogen-bond donors (Lipinski definition) is 4. The molecule has 0 bridgehead atoms. The lowest BCUT2D eigenvalue weighted by Gasteiger charge is -2.30. The fraction of sp³-hybridized carbons (Fsp3) is 0.385. The van der Waals surface area contributed by atoms with Gasteiger partial charge in [0.15, 0.2) is 29.5 Å². The molecule has 0 amide bonds. The van der Waals surface area contributed by atoms with Gasteiger partial charge in [-0.3, -0.25) is 9.11 Å². The number of allylic oxidation sites excluding steroid dienone is 3. The molecule has 3 heterocycles. The van der Waals surface area contributed by atoms with Gasteiger partial charge in [0.25, 0.3) is 20.2 Å². The summed E-state index contributed by atoms with van der Waals surface area (Å²) in [5, 5.41) is 20.2. The Labute approximate surface area is 332 Å². The standard InChI is InChI=1S/C39H43F4N3O10S2/c1-39(20-6-9-24-57(50,51)52)29(15-11-12-26-19-23-44(21-8-10-25-58(53,54)55)28-14-5-4-13-27(26)28)45(38-33(39)34(40)35(41)36(42)37(38)43)22-7-2-3-16-32(49)56-46-30(47)17-18-31(46)48/h4-5,11-15,17-19,23H,2-3,6-10,16,20-22,24-25H2,1H3,(H3-,47,48,50,51,52,53,54,55)/p+1. The molecule has 2 aromatic heterocycles. The summed E-state index contributed by atoms with van der Waals surface area (Å²) < 4.78 is 128. The predicted molar refractivity (Wildman–Crippen MR) is 206 cm³/mol. The first-order chi connectivity index (χ1) is 27.3. The number of rotatable bonds is 19. The molecule has 19 heteroatoms. The molecule has 2 aromatic carbocycles. The number of aryl methyl sites for hydroxylation is 1. The zero-order valence-corrected chi connectivity index (χ0v) is 33.1. The molecule has 0 aliphatic carbocycles. The Morgan fingerprint density at radius 2 is 1.45 bits per heavy atom. The topological polar surface area (TPSA) is 188 Å². The van der Waals surface area contributed by atoms with Crippen LogP contribution in [-0.4, -0.2) is 64.9 Å². The van der Waals surface area contributed by atoms with Gasteiger partial charge in [-0.15, -0.1) is 4.73 Å². The van der Waals surface area contributed by atoms with E-state index >= 15 is 8.78 Å². The highest BCUT2D eigenvalue weighted by atomic mass is 32.2. The van der Waals surface area contributed by atoms with Gasteiger partial charge in [0.05, 0.1) is 22.6 Å². The molecule has 0 fully saturated rings. The maximum absolute atomic E-state index is 15.9. The van der Waals surface area contributed by atoms with Crippen LogP contribution in [-0.2, 0) is 37.0 Å². The van der Waals surface area contributed by atoms with E-state index in [1.165, 1.54) is 11.8 Å². The van der Waals surface area contributed by atoms with Gasteiger partial charge in [0, 0.05) is 60.3 Å². The first-order valence-electron chi connectivity index (χ1n) is 18.5. The number of halogens is 4. The predicted octanol–water partition coefficient (Wildman–Crippen LogP) is 6.51. The molecular weight excluding hydrogens is 811 g/mol. The Kier molecular flexibility index (Phi) is 13.9. The number of benzene rings is 2. The minimum atomic E-state index is -4.35. The zero-order valence-electron chi connectivity index (χ0n) is 31.5. The number of carbonyl (C=O) groups excluding carboxylic acids is 1. The number of unbranched alkanes of at least 4 members (excludes halogenated alkanes) is 4. The Morgan fingerprint density at radius 3 is 2.12 bits per heavy atom. The Hall–Kier alpha value is -4.98. The van der Waals surface area contributed by atoms with Crippen molar-refractivity contribution in [3.8, 4) is 11.8 Å². The summed E-state index contributed by atoms with van der Waals surface area (Å²) in [6.45, 7) is 1.93. The number of nitrogens with zero attached hydrogens (tertiary/aromatic N) is 3. The highest BCUT2D eigenvalue weighted by Gasteiger charge is 2.49. The molecule has 1 aliphatic heterocycles. The fourth-order valence-corrected chi connectivity index (χ4v) is 8.40. The minimum Gasteiger partial charge on any atom is -0.492 e. The van der Waals surface area contributed by atoms with Gasteiger partial charge in [0.1, 0.15) is 6.54 Å². The van der Waals surface area contributed by atoms with Crippen molar-refractivity contribution in [2.45, 2.75) is 76.7 Å². The molecule has 58 heavy (non-hydrogen) atoms. The maximum atomic E-state index is 15.9. The van der Waals surface area contributed by atoms with Crippen LogP contribution in [0.4, 0.5) is 23.2 Å².